The van der Waals surface area contributed by atoms with Crippen LogP contribution in [0.15, 0.2) is 36.5 Å². The van der Waals surface area contributed by atoms with Crippen LogP contribution in [-0.4, -0.2) is 18.7 Å². The second kappa shape index (κ2) is 6.51. The maximum atomic E-state index is 3.52. The summed E-state index contributed by atoms with van der Waals surface area (Å²) in [6.07, 6.45) is 3.32. The Morgan fingerprint density at radius 3 is 2.70 bits per heavy atom. The Hall–Kier alpha value is -1.90. The van der Waals surface area contributed by atoms with E-state index >= 15 is 0 Å². The summed E-state index contributed by atoms with van der Waals surface area (Å²) in [5.41, 5.74) is 5.07. The highest BCUT2D eigenvalue weighted by Gasteiger charge is 2.04. The number of hydrogen-bond donors (Lipinski definition) is 1. The number of rotatable bonds is 6. The van der Waals surface area contributed by atoms with Crippen LogP contribution >= 0.6 is 0 Å². The van der Waals surface area contributed by atoms with Gasteiger partial charge in [-0.3, -0.25) is 0 Å². The molecule has 2 rings (SSSR count). The fourth-order valence-corrected chi connectivity index (χ4v) is 2.46. The van der Waals surface area contributed by atoms with Gasteiger partial charge in [0.15, 0.2) is 0 Å². The lowest BCUT2D eigenvalue weighted by molar-refractivity contribution is 0.654. The lowest BCUT2D eigenvalue weighted by Crippen LogP contribution is -2.11. The first kappa shape index (κ1) is 14.5. The third-order valence-electron chi connectivity index (χ3n) is 3.55. The van der Waals surface area contributed by atoms with Crippen molar-refractivity contribution in [3.05, 3.63) is 47.8 Å². The fourth-order valence-electron chi connectivity index (χ4n) is 2.46. The molecule has 0 aliphatic heterocycles. The van der Waals surface area contributed by atoms with Crippen molar-refractivity contribution >= 4 is 11.4 Å². The van der Waals surface area contributed by atoms with Gasteiger partial charge in [-0.15, -0.1) is 0 Å². The molecule has 0 aliphatic rings. The van der Waals surface area contributed by atoms with E-state index in [1.54, 1.807) is 0 Å². The quantitative estimate of drug-likeness (QED) is 0.860. The molecule has 1 aromatic heterocycles. The predicted octanol–water partition coefficient (Wildman–Crippen LogP) is 3.88. The van der Waals surface area contributed by atoms with Crippen LogP contribution in [0.4, 0.5) is 11.4 Å². The van der Waals surface area contributed by atoms with Crippen molar-refractivity contribution in [2.75, 3.05) is 24.3 Å². The number of aryl methyl sites for hydroxylation is 2. The van der Waals surface area contributed by atoms with E-state index in [-0.39, 0.29) is 0 Å². The number of hydrogen-bond acceptors (Lipinski definition) is 2. The Labute approximate surface area is 122 Å². The summed E-state index contributed by atoms with van der Waals surface area (Å²) < 4.78 is 2.31. The molecule has 0 radical (unpaired) electrons. The van der Waals surface area contributed by atoms with Gasteiger partial charge in [-0.05, 0) is 43.2 Å². The third-order valence-corrected chi connectivity index (χ3v) is 3.55. The van der Waals surface area contributed by atoms with Gasteiger partial charge in [0.2, 0.25) is 0 Å². The van der Waals surface area contributed by atoms with Crippen LogP contribution in [0.1, 0.15) is 24.6 Å². The Bertz CT molecular complexity index is 555. The van der Waals surface area contributed by atoms with Gasteiger partial charge in [-0.2, -0.15) is 0 Å². The Kier molecular flexibility index (Phi) is 4.72. The van der Waals surface area contributed by atoms with E-state index in [4.69, 9.17) is 0 Å². The zero-order chi connectivity index (χ0) is 14.5. The lowest BCUT2D eigenvalue weighted by atomic mass is 10.1. The molecule has 2 aromatic rings. The van der Waals surface area contributed by atoms with E-state index < -0.39 is 0 Å². The minimum atomic E-state index is 0.864. The van der Waals surface area contributed by atoms with Gasteiger partial charge in [0.1, 0.15) is 0 Å². The van der Waals surface area contributed by atoms with Crippen molar-refractivity contribution in [1.82, 2.24) is 4.57 Å². The van der Waals surface area contributed by atoms with Crippen LogP contribution in [0, 0.1) is 6.92 Å². The third kappa shape index (κ3) is 3.35. The van der Waals surface area contributed by atoms with E-state index in [9.17, 15) is 0 Å². The summed E-state index contributed by atoms with van der Waals surface area (Å²) >= 11 is 0. The first-order chi connectivity index (χ1) is 9.61. The molecule has 0 atom stereocenters. The molecule has 108 valence electrons. The molecule has 20 heavy (non-hydrogen) atoms. The topological polar surface area (TPSA) is 20.2 Å². The van der Waals surface area contributed by atoms with Crippen molar-refractivity contribution in [3.63, 3.8) is 0 Å². The van der Waals surface area contributed by atoms with E-state index in [0.29, 0.717) is 0 Å². The molecule has 0 saturated heterocycles. The number of anilines is 2. The van der Waals surface area contributed by atoms with Gasteiger partial charge in [-0.25, -0.2) is 0 Å². The SMILES string of the molecule is CCCn1cccc1CNc1ccc(C)c(N(C)C)c1. The summed E-state index contributed by atoms with van der Waals surface area (Å²) in [5, 5.41) is 3.52. The highest BCUT2D eigenvalue weighted by Crippen LogP contribution is 2.23. The molecule has 0 aliphatic carbocycles. The van der Waals surface area contributed by atoms with E-state index in [1.807, 2.05) is 0 Å². The summed E-state index contributed by atoms with van der Waals surface area (Å²) in [5.74, 6) is 0. The minimum Gasteiger partial charge on any atom is -0.379 e. The average molecular weight is 271 g/mol. The fraction of sp³-hybridized carbons (Fsp3) is 0.412. The van der Waals surface area contributed by atoms with Crippen molar-refractivity contribution < 1.29 is 0 Å². The van der Waals surface area contributed by atoms with Gasteiger partial charge in [0.05, 0.1) is 6.54 Å². The largest absolute Gasteiger partial charge is 0.379 e. The Morgan fingerprint density at radius 2 is 2.00 bits per heavy atom. The molecule has 1 heterocycles. The number of aromatic nitrogens is 1. The summed E-state index contributed by atoms with van der Waals surface area (Å²) in [6, 6.07) is 10.8. The van der Waals surface area contributed by atoms with Crippen molar-refractivity contribution in [2.45, 2.75) is 33.4 Å². The first-order valence-corrected chi connectivity index (χ1v) is 7.27. The molecule has 0 saturated carbocycles. The van der Waals surface area contributed by atoms with E-state index in [0.717, 1.165) is 19.5 Å². The maximum absolute atomic E-state index is 3.52. The van der Waals surface area contributed by atoms with E-state index in [1.165, 1.54) is 22.6 Å². The molecule has 0 unspecified atom stereocenters. The molecule has 3 nitrogen and oxygen atoms in total. The van der Waals surface area contributed by atoms with E-state index in [2.05, 4.69) is 79.3 Å². The zero-order valence-corrected chi connectivity index (χ0v) is 13.0. The van der Waals surface area contributed by atoms with Crippen LogP contribution in [-0.2, 0) is 13.1 Å². The van der Waals surface area contributed by atoms with Crippen molar-refractivity contribution in [1.29, 1.82) is 0 Å². The smallest absolute Gasteiger partial charge is 0.0553 e. The van der Waals surface area contributed by atoms with Gasteiger partial charge in [0.25, 0.3) is 0 Å². The average Bonchev–Trinajstić information content (AvgIpc) is 2.85. The first-order valence-electron chi connectivity index (χ1n) is 7.27. The van der Waals surface area contributed by atoms with Crippen molar-refractivity contribution in [3.8, 4) is 0 Å². The molecule has 1 aromatic carbocycles. The molecule has 0 bridgehead atoms. The number of benzene rings is 1. The maximum Gasteiger partial charge on any atom is 0.0553 e. The normalized spacial score (nSPS) is 10.6. The molecule has 1 N–H and O–H groups in total. The molecular formula is C17H25N3. The Balaban J connectivity index is 2.07. The number of nitrogens with one attached hydrogen (secondary N) is 1. The highest BCUT2D eigenvalue weighted by molar-refractivity contribution is 5.61. The standard InChI is InChI=1S/C17H25N3/c1-5-10-20-11-6-7-16(20)13-18-15-9-8-14(2)17(12-15)19(3)4/h6-9,11-12,18H,5,10,13H2,1-4H3. The monoisotopic (exact) mass is 271 g/mol. The van der Waals surface area contributed by atoms with Crippen molar-refractivity contribution in [2.24, 2.45) is 0 Å². The molecule has 0 spiro atoms. The van der Waals surface area contributed by atoms with Crippen LogP contribution in [0.3, 0.4) is 0 Å². The van der Waals surface area contributed by atoms with Crippen LogP contribution in [0.2, 0.25) is 0 Å². The summed E-state index contributed by atoms with van der Waals surface area (Å²) in [6.45, 7) is 6.30. The zero-order valence-electron chi connectivity index (χ0n) is 13.0. The van der Waals surface area contributed by atoms with Crippen LogP contribution in [0.25, 0.3) is 0 Å². The molecule has 0 amide bonds. The summed E-state index contributed by atoms with van der Waals surface area (Å²) in [7, 11) is 4.16. The number of nitrogens with zero attached hydrogens (tertiary/aromatic N) is 2. The second-order valence-electron chi connectivity index (χ2n) is 5.44. The van der Waals surface area contributed by atoms with Crippen LogP contribution < -0.4 is 10.2 Å². The van der Waals surface area contributed by atoms with Gasteiger partial charge in [-0.1, -0.05) is 13.0 Å². The molecule has 3 heteroatoms. The predicted molar refractivity (Wildman–Crippen MR) is 87.6 cm³/mol. The molecular weight excluding hydrogens is 246 g/mol. The van der Waals surface area contributed by atoms with Gasteiger partial charge in [0, 0.05) is 43.9 Å². The minimum absolute atomic E-state index is 0.864. The molecule has 0 fully saturated rings. The summed E-state index contributed by atoms with van der Waals surface area (Å²) in [4.78, 5) is 2.15. The van der Waals surface area contributed by atoms with Gasteiger partial charge >= 0.3 is 0 Å². The van der Waals surface area contributed by atoms with Crippen LogP contribution in [0.5, 0.6) is 0 Å². The second-order valence-corrected chi connectivity index (χ2v) is 5.44. The lowest BCUT2D eigenvalue weighted by Gasteiger charge is -2.18. The Morgan fingerprint density at radius 1 is 1.20 bits per heavy atom. The highest BCUT2D eigenvalue weighted by atomic mass is 15.1. The van der Waals surface area contributed by atoms with Gasteiger partial charge < -0.3 is 14.8 Å².